The average molecular weight is 380 g/mol. The Hall–Kier alpha value is -2.76. The molecule has 1 aromatic heterocycles. The van der Waals surface area contributed by atoms with Gasteiger partial charge in [-0.05, 0) is 12.1 Å². The van der Waals surface area contributed by atoms with Crippen molar-refractivity contribution < 1.29 is 46.5 Å². The minimum atomic E-state index is -4.88. The molecule has 0 spiro atoms. The number of nitrogens with zero attached hydrogens (tertiary/aromatic N) is 2. The van der Waals surface area contributed by atoms with E-state index < -0.39 is 53.6 Å². The van der Waals surface area contributed by atoms with Gasteiger partial charge in [0, 0.05) is 6.92 Å². The van der Waals surface area contributed by atoms with Gasteiger partial charge in [0.05, 0.1) is 13.2 Å². The smallest absolute Gasteiger partial charge is 0.433 e. The molecule has 1 N–H and O–H groups in total. The van der Waals surface area contributed by atoms with Crippen LogP contribution in [0.5, 0.6) is 0 Å². The Balaban J connectivity index is 2.38. The van der Waals surface area contributed by atoms with E-state index in [9.17, 15) is 31.9 Å². The SMILES string of the molecule is CC(=O)OC(C(=O)O)C1OCCN(c2nc(C(F)(F)F)ccc2F)C1=O. The maximum absolute atomic E-state index is 13.9. The van der Waals surface area contributed by atoms with Gasteiger partial charge < -0.3 is 14.6 Å². The first kappa shape index (κ1) is 19.6. The quantitative estimate of drug-likeness (QED) is 0.613. The van der Waals surface area contributed by atoms with Crippen molar-refractivity contribution in [2.24, 2.45) is 0 Å². The van der Waals surface area contributed by atoms with Gasteiger partial charge in [-0.1, -0.05) is 0 Å². The summed E-state index contributed by atoms with van der Waals surface area (Å²) in [6.45, 7) is 0.195. The zero-order valence-electron chi connectivity index (χ0n) is 13.1. The lowest BCUT2D eigenvalue weighted by molar-refractivity contribution is -0.177. The Kier molecular flexibility index (Phi) is 5.44. The molecule has 0 aromatic carbocycles. The van der Waals surface area contributed by atoms with Crippen LogP contribution < -0.4 is 4.90 Å². The molecule has 2 heterocycles. The molecule has 1 aliphatic heterocycles. The second-order valence-electron chi connectivity index (χ2n) is 5.15. The molecule has 1 fully saturated rings. The third-order valence-electron chi connectivity index (χ3n) is 3.31. The third kappa shape index (κ3) is 4.07. The van der Waals surface area contributed by atoms with Crippen LogP contribution in [0.15, 0.2) is 12.1 Å². The summed E-state index contributed by atoms with van der Waals surface area (Å²) >= 11 is 0. The zero-order chi connectivity index (χ0) is 19.6. The Labute approximate surface area is 143 Å². The number of hydrogen-bond acceptors (Lipinski definition) is 6. The first-order valence-electron chi connectivity index (χ1n) is 7.09. The largest absolute Gasteiger partial charge is 0.478 e. The van der Waals surface area contributed by atoms with E-state index in [1.165, 1.54) is 0 Å². The van der Waals surface area contributed by atoms with Gasteiger partial charge in [-0.3, -0.25) is 14.5 Å². The minimum absolute atomic E-state index is 0.335. The molecular formula is C14H12F4N2O6. The maximum Gasteiger partial charge on any atom is 0.433 e. The standard InChI is InChI=1S/C14H12F4N2O6/c1-6(21)26-10(13(23)24)9-12(22)20(4-5-25-9)11-7(15)2-3-8(19-11)14(16,17)18/h2-3,9-10H,4-5H2,1H3,(H,23,24). The number of rotatable bonds is 4. The van der Waals surface area contributed by atoms with Gasteiger partial charge in [0.15, 0.2) is 17.7 Å². The number of amides is 1. The van der Waals surface area contributed by atoms with Crippen LogP contribution >= 0.6 is 0 Å². The molecule has 142 valence electrons. The fourth-order valence-electron chi connectivity index (χ4n) is 2.23. The molecule has 8 nitrogen and oxygen atoms in total. The lowest BCUT2D eigenvalue weighted by Gasteiger charge is -2.34. The molecule has 1 saturated heterocycles. The molecular weight excluding hydrogens is 368 g/mol. The summed E-state index contributed by atoms with van der Waals surface area (Å²) in [5, 5.41) is 9.09. The molecule has 0 aliphatic carbocycles. The summed E-state index contributed by atoms with van der Waals surface area (Å²) in [5.74, 6) is -6.07. The number of hydrogen-bond donors (Lipinski definition) is 1. The van der Waals surface area contributed by atoms with Gasteiger partial charge in [0.2, 0.25) is 6.10 Å². The van der Waals surface area contributed by atoms with Crippen molar-refractivity contribution in [2.45, 2.75) is 25.3 Å². The van der Waals surface area contributed by atoms with E-state index >= 15 is 0 Å². The summed E-state index contributed by atoms with van der Waals surface area (Å²) in [6.07, 6.45) is -8.78. The number of carboxylic acid groups (broad SMARTS) is 1. The number of aliphatic carboxylic acids is 1. The number of morpholine rings is 1. The molecule has 26 heavy (non-hydrogen) atoms. The Morgan fingerprint density at radius 2 is 2.08 bits per heavy atom. The monoisotopic (exact) mass is 380 g/mol. The van der Waals surface area contributed by atoms with Crippen LogP contribution in [0, 0.1) is 5.82 Å². The van der Waals surface area contributed by atoms with Gasteiger partial charge in [0.1, 0.15) is 5.69 Å². The lowest BCUT2D eigenvalue weighted by Crippen LogP contribution is -2.56. The first-order valence-corrected chi connectivity index (χ1v) is 7.09. The second-order valence-corrected chi connectivity index (χ2v) is 5.15. The third-order valence-corrected chi connectivity index (χ3v) is 3.31. The van der Waals surface area contributed by atoms with Crippen LogP contribution in [0.25, 0.3) is 0 Å². The van der Waals surface area contributed by atoms with E-state index in [-0.39, 0.29) is 13.2 Å². The highest BCUT2D eigenvalue weighted by Gasteiger charge is 2.44. The Morgan fingerprint density at radius 1 is 1.42 bits per heavy atom. The Morgan fingerprint density at radius 3 is 2.62 bits per heavy atom. The minimum Gasteiger partial charge on any atom is -0.478 e. The zero-order valence-corrected chi connectivity index (χ0v) is 13.1. The number of pyridine rings is 1. The number of halogens is 4. The predicted octanol–water partition coefficient (Wildman–Crippen LogP) is 0.988. The normalized spacial score (nSPS) is 19.2. The highest BCUT2D eigenvalue weighted by molar-refractivity contribution is 6.00. The number of ether oxygens (including phenoxy) is 2. The number of carbonyl (C=O) groups is 3. The number of esters is 1. The fraction of sp³-hybridized carbons (Fsp3) is 0.429. The molecule has 2 atom stereocenters. The molecule has 2 rings (SSSR count). The molecule has 1 aliphatic rings. The van der Waals surface area contributed by atoms with Gasteiger partial charge in [-0.15, -0.1) is 0 Å². The maximum atomic E-state index is 13.9. The van der Waals surface area contributed by atoms with Crippen molar-refractivity contribution in [3.63, 3.8) is 0 Å². The Bertz CT molecular complexity index is 739. The highest BCUT2D eigenvalue weighted by atomic mass is 19.4. The predicted molar refractivity (Wildman–Crippen MR) is 74.5 cm³/mol. The van der Waals surface area contributed by atoms with Gasteiger partial charge >= 0.3 is 18.1 Å². The van der Waals surface area contributed by atoms with Crippen LogP contribution in [0.3, 0.4) is 0 Å². The number of anilines is 1. The summed E-state index contributed by atoms with van der Waals surface area (Å²) in [4.78, 5) is 38.3. The average Bonchev–Trinajstić information content (AvgIpc) is 2.52. The van der Waals surface area contributed by atoms with E-state index in [1.807, 2.05) is 0 Å². The number of aromatic nitrogens is 1. The second kappa shape index (κ2) is 7.23. The van der Waals surface area contributed by atoms with E-state index in [2.05, 4.69) is 9.72 Å². The molecule has 1 aromatic rings. The van der Waals surface area contributed by atoms with Crippen molar-refractivity contribution in [3.8, 4) is 0 Å². The molecule has 0 bridgehead atoms. The van der Waals surface area contributed by atoms with Gasteiger partial charge in [0.25, 0.3) is 5.91 Å². The number of carbonyl (C=O) groups excluding carboxylic acids is 2. The van der Waals surface area contributed by atoms with Crippen LogP contribution in [0.4, 0.5) is 23.4 Å². The van der Waals surface area contributed by atoms with Crippen LogP contribution in [0.1, 0.15) is 12.6 Å². The first-order chi connectivity index (χ1) is 12.0. The van der Waals surface area contributed by atoms with Crippen molar-refractivity contribution in [2.75, 3.05) is 18.1 Å². The summed E-state index contributed by atoms with van der Waals surface area (Å²) in [6, 6.07) is 0.893. The summed E-state index contributed by atoms with van der Waals surface area (Å²) in [7, 11) is 0. The molecule has 12 heteroatoms. The molecule has 0 radical (unpaired) electrons. The lowest BCUT2D eigenvalue weighted by atomic mass is 10.1. The summed E-state index contributed by atoms with van der Waals surface area (Å²) < 4.78 is 61.7. The topological polar surface area (TPSA) is 106 Å². The van der Waals surface area contributed by atoms with E-state index in [4.69, 9.17) is 9.84 Å². The molecule has 2 unspecified atom stereocenters. The molecule has 1 amide bonds. The van der Waals surface area contributed by atoms with Crippen LogP contribution in [-0.2, 0) is 30.0 Å². The van der Waals surface area contributed by atoms with Crippen molar-refractivity contribution >= 4 is 23.7 Å². The van der Waals surface area contributed by atoms with Crippen molar-refractivity contribution in [3.05, 3.63) is 23.6 Å². The van der Waals surface area contributed by atoms with Crippen LogP contribution in [-0.4, -0.2) is 53.3 Å². The van der Waals surface area contributed by atoms with E-state index in [0.717, 1.165) is 6.92 Å². The van der Waals surface area contributed by atoms with Crippen molar-refractivity contribution in [1.82, 2.24) is 4.98 Å². The number of carboxylic acids is 1. The van der Waals surface area contributed by atoms with E-state index in [1.54, 1.807) is 0 Å². The van der Waals surface area contributed by atoms with Gasteiger partial charge in [-0.25, -0.2) is 14.2 Å². The summed E-state index contributed by atoms with van der Waals surface area (Å²) in [5.41, 5.74) is -1.43. The molecule has 0 saturated carbocycles. The van der Waals surface area contributed by atoms with E-state index in [0.29, 0.717) is 17.0 Å². The van der Waals surface area contributed by atoms with Crippen LogP contribution in [0.2, 0.25) is 0 Å². The van der Waals surface area contributed by atoms with Crippen molar-refractivity contribution in [1.29, 1.82) is 0 Å². The van der Waals surface area contributed by atoms with Gasteiger partial charge in [-0.2, -0.15) is 13.2 Å². The fourth-order valence-corrected chi connectivity index (χ4v) is 2.23. The highest BCUT2D eigenvalue weighted by Crippen LogP contribution is 2.31. The number of alkyl halides is 3.